The van der Waals surface area contributed by atoms with Crippen molar-refractivity contribution in [2.45, 2.75) is 13.1 Å². The molecule has 0 saturated carbocycles. The summed E-state index contributed by atoms with van der Waals surface area (Å²) < 4.78 is 39.9. The Kier molecular flexibility index (Phi) is 3.93. The summed E-state index contributed by atoms with van der Waals surface area (Å²) in [4.78, 5) is 16.7. The van der Waals surface area contributed by atoms with Gasteiger partial charge in [-0.1, -0.05) is 12.1 Å². The minimum Gasteiger partial charge on any atom is -0.319 e. The molecule has 25 heavy (non-hydrogen) atoms. The van der Waals surface area contributed by atoms with Crippen LogP contribution in [0.5, 0.6) is 0 Å². The number of nitrogens with one attached hydrogen (secondary N) is 1. The van der Waals surface area contributed by atoms with Crippen molar-refractivity contribution in [3.8, 4) is 6.07 Å². The summed E-state index contributed by atoms with van der Waals surface area (Å²) in [6, 6.07) is 10.4. The van der Waals surface area contributed by atoms with Gasteiger partial charge in [0.1, 0.15) is 17.4 Å². The van der Waals surface area contributed by atoms with E-state index in [0.717, 1.165) is 16.7 Å². The molecule has 0 aliphatic rings. The molecule has 3 rings (SSSR count). The Morgan fingerprint density at radius 2 is 1.96 bits per heavy atom. The van der Waals surface area contributed by atoms with E-state index in [2.05, 4.69) is 10.3 Å². The van der Waals surface area contributed by atoms with E-state index in [1.54, 1.807) is 12.1 Å². The van der Waals surface area contributed by atoms with Crippen molar-refractivity contribution in [3.63, 3.8) is 0 Å². The lowest BCUT2D eigenvalue weighted by Gasteiger charge is -2.10. The van der Waals surface area contributed by atoms with E-state index in [1.807, 2.05) is 6.07 Å². The molecule has 5 nitrogen and oxygen atoms in total. The zero-order valence-electron chi connectivity index (χ0n) is 12.9. The number of aryl methyl sites for hydroxylation is 1. The van der Waals surface area contributed by atoms with Crippen LogP contribution >= 0.6 is 0 Å². The Morgan fingerprint density at radius 3 is 2.64 bits per heavy atom. The average Bonchev–Trinajstić information content (AvgIpc) is 2.89. The predicted molar refractivity (Wildman–Crippen MR) is 84.0 cm³/mol. The summed E-state index contributed by atoms with van der Waals surface area (Å²) in [7, 11) is 0. The quantitative estimate of drug-likeness (QED) is 0.769. The van der Waals surface area contributed by atoms with Gasteiger partial charge in [-0.25, -0.2) is 4.98 Å². The topological polar surface area (TPSA) is 70.2 Å². The first-order valence-electron chi connectivity index (χ1n) is 7.17. The number of imidazole rings is 1. The molecular formula is C17H11F3N4O. The van der Waals surface area contributed by atoms with Crippen molar-refractivity contribution < 1.29 is 18.0 Å². The van der Waals surface area contributed by atoms with E-state index in [4.69, 9.17) is 5.26 Å². The molecule has 8 heteroatoms. The highest BCUT2D eigenvalue weighted by Crippen LogP contribution is 2.30. The molecule has 0 bridgehead atoms. The van der Waals surface area contributed by atoms with Crippen LogP contribution in [0.1, 0.15) is 27.3 Å². The number of carbonyl (C=O) groups excluding carboxylic acids is 1. The Labute approximate surface area is 140 Å². The first-order chi connectivity index (χ1) is 11.8. The first kappa shape index (κ1) is 16.5. The lowest BCUT2D eigenvalue weighted by Crippen LogP contribution is -2.17. The number of pyridine rings is 1. The maximum atomic E-state index is 12.9. The van der Waals surface area contributed by atoms with Gasteiger partial charge < -0.3 is 5.32 Å². The summed E-state index contributed by atoms with van der Waals surface area (Å²) in [5, 5.41) is 11.6. The summed E-state index contributed by atoms with van der Waals surface area (Å²) >= 11 is 0. The van der Waals surface area contributed by atoms with Gasteiger partial charge in [0, 0.05) is 6.20 Å². The van der Waals surface area contributed by atoms with E-state index in [-0.39, 0.29) is 28.3 Å². The van der Waals surface area contributed by atoms with Crippen LogP contribution in [-0.4, -0.2) is 15.3 Å². The number of hydrogen-bond donors (Lipinski definition) is 1. The zero-order chi connectivity index (χ0) is 18.2. The first-order valence-corrected chi connectivity index (χ1v) is 7.17. The number of aromatic nitrogens is 2. The van der Waals surface area contributed by atoms with Gasteiger partial charge in [0.2, 0.25) is 0 Å². The second kappa shape index (κ2) is 5.94. The molecule has 0 radical (unpaired) electrons. The molecule has 1 amide bonds. The highest BCUT2D eigenvalue weighted by atomic mass is 19.4. The van der Waals surface area contributed by atoms with E-state index in [1.165, 1.54) is 25.1 Å². The number of nitriles is 1. The average molecular weight is 344 g/mol. The van der Waals surface area contributed by atoms with Crippen molar-refractivity contribution in [3.05, 3.63) is 65.1 Å². The number of benzene rings is 1. The van der Waals surface area contributed by atoms with E-state index in [0.29, 0.717) is 0 Å². The molecule has 0 saturated heterocycles. The smallest absolute Gasteiger partial charge is 0.319 e. The number of fused-ring (bicyclic) bond motifs is 1. The highest BCUT2D eigenvalue weighted by molar-refractivity contribution is 6.05. The largest absolute Gasteiger partial charge is 0.417 e. The molecule has 0 spiro atoms. The van der Waals surface area contributed by atoms with E-state index in [9.17, 15) is 18.0 Å². The van der Waals surface area contributed by atoms with Gasteiger partial charge >= 0.3 is 6.18 Å². The molecule has 2 aromatic heterocycles. The second-order valence-corrected chi connectivity index (χ2v) is 5.30. The van der Waals surface area contributed by atoms with Crippen LogP contribution in [0, 0.1) is 18.3 Å². The fraction of sp³-hybridized carbons (Fsp3) is 0.118. The molecule has 0 atom stereocenters. The maximum absolute atomic E-state index is 12.9. The van der Waals surface area contributed by atoms with Gasteiger partial charge in [-0.15, -0.1) is 0 Å². The van der Waals surface area contributed by atoms with Gasteiger partial charge in [0.25, 0.3) is 5.91 Å². The molecule has 1 aromatic carbocycles. The van der Waals surface area contributed by atoms with Gasteiger partial charge in [-0.3, -0.25) is 9.20 Å². The summed E-state index contributed by atoms with van der Waals surface area (Å²) in [5.41, 5.74) is 0.128. The van der Waals surface area contributed by atoms with Crippen LogP contribution in [-0.2, 0) is 6.18 Å². The number of amides is 1. The minimum atomic E-state index is -4.53. The Bertz CT molecular complexity index is 1010. The van der Waals surface area contributed by atoms with Crippen LogP contribution in [0.15, 0.2) is 42.6 Å². The fourth-order valence-corrected chi connectivity index (χ4v) is 2.47. The SMILES string of the molecule is Cc1nc2ccc(C(F)(F)F)cn2c1C(=O)Nc1ccccc1C#N. The number of rotatable bonds is 2. The van der Waals surface area contributed by atoms with Gasteiger partial charge in [-0.2, -0.15) is 18.4 Å². The fourth-order valence-electron chi connectivity index (χ4n) is 2.47. The number of carbonyl (C=O) groups is 1. The number of hydrogen-bond acceptors (Lipinski definition) is 3. The van der Waals surface area contributed by atoms with E-state index < -0.39 is 17.6 Å². The van der Waals surface area contributed by atoms with Crippen molar-refractivity contribution in [1.29, 1.82) is 5.26 Å². The van der Waals surface area contributed by atoms with Crippen LogP contribution < -0.4 is 5.32 Å². The standard InChI is InChI=1S/C17H11F3N4O/c1-10-15(16(25)23-13-5-3-2-4-11(13)8-21)24-9-12(17(18,19)20)6-7-14(24)22-10/h2-7,9H,1H3,(H,23,25). The third kappa shape index (κ3) is 3.04. The molecular weight excluding hydrogens is 333 g/mol. The van der Waals surface area contributed by atoms with Crippen molar-refractivity contribution in [2.75, 3.05) is 5.32 Å². The van der Waals surface area contributed by atoms with Crippen molar-refractivity contribution >= 4 is 17.2 Å². The van der Waals surface area contributed by atoms with Crippen LogP contribution in [0.2, 0.25) is 0 Å². The number of para-hydroxylation sites is 1. The zero-order valence-corrected chi connectivity index (χ0v) is 12.9. The lowest BCUT2D eigenvalue weighted by atomic mass is 10.2. The van der Waals surface area contributed by atoms with Crippen LogP contribution in [0.3, 0.4) is 0 Å². The number of nitrogens with zero attached hydrogens (tertiary/aromatic N) is 3. The van der Waals surface area contributed by atoms with Gasteiger partial charge in [0.15, 0.2) is 0 Å². The molecule has 0 fully saturated rings. The van der Waals surface area contributed by atoms with Crippen molar-refractivity contribution in [1.82, 2.24) is 9.38 Å². The molecule has 1 N–H and O–H groups in total. The summed E-state index contributed by atoms with van der Waals surface area (Å²) in [5.74, 6) is -0.646. The predicted octanol–water partition coefficient (Wildman–Crippen LogP) is 3.79. The Morgan fingerprint density at radius 1 is 1.24 bits per heavy atom. The molecule has 0 aliphatic heterocycles. The molecule has 0 aliphatic carbocycles. The Balaban J connectivity index is 2.07. The monoisotopic (exact) mass is 344 g/mol. The van der Waals surface area contributed by atoms with Gasteiger partial charge in [0.05, 0.1) is 22.5 Å². The third-order valence-electron chi connectivity index (χ3n) is 3.63. The second-order valence-electron chi connectivity index (χ2n) is 5.30. The molecule has 2 heterocycles. The van der Waals surface area contributed by atoms with Gasteiger partial charge in [-0.05, 0) is 31.2 Å². The van der Waals surface area contributed by atoms with Crippen LogP contribution in [0.4, 0.5) is 18.9 Å². The summed E-state index contributed by atoms with van der Waals surface area (Å²) in [6.45, 7) is 1.53. The normalized spacial score (nSPS) is 11.3. The minimum absolute atomic E-state index is 0.0196. The lowest BCUT2D eigenvalue weighted by molar-refractivity contribution is -0.137. The number of halogens is 3. The number of anilines is 1. The molecule has 126 valence electrons. The highest BCUT2D eigenvalue weighted by Gasteiger charge is 2.31. The Hall–Kier alpha value is -3.34. The van der Waals surface area contributed by atoms with Crippen molar-refractivity contribution in [2.24, 2.45) is 0 Å². The van der Waals surface area contributed by atoms with Crippen LogP contribution in [0.25, 0.3) is 5.65 Å². The van der Waals surface area contributed by atoms with E-state index >= 15 is 0 Å². The maximum Gasteiger partial charge on any atom is 0.417 e. The molecule has 0 unspecified atom stereocenters. The third-order valence-corrected chi connectivity index (χ3v) is 3.63. The summed E-state index contributed by atoms with van der Waals surface area (Å²) in [6.07, 6.45) is -3.70. The number of alkyl halides is 3. The molecule has 3 aromatic rings.